The van der Waals surface area contributed by atoms with Crippen LogP contribution in [0.5, 0.6) is 0 Å². The monoisotopic (exact) mass is 285 g/mol. The van der Waals surface area contributed by atoms with E-state index in [9.17, 15) is 0 Å². The molecule has 0 fully saturated rings. The van der Waals surface area contributed by atoms with E-state index in [1.807, 2.05) is 24.3 Å². The first-order valence-electron chi connectivity index (χ1n) is 4.41. The summed E-state index contributed by atoms with van der Waals surface area (Å²) >= 11 is 9.42. The van der Waals surface area contributed by atoms with Gasteiger partial charge in [0.15, 0.2) is 0 Å². The normalized spacial score (nSPS) is 10.6. The Morgan fingerprint density at radius 1 is 1.47 bits per heavy atom. The highest BCUT2D eigenvalue weighted by molar-refractivity contribution is 9.10. The molecule has 1 aromatic heterocycles. The second-order valence-corrected chi connectivity index (χ2v) is 4.35. The van der Waals surface area contributed by atoms with Gasteiger partial charge in [-0.25, -0.2) is 4.98 Å². The lowest BCUT2D eigenvalue weighted by Crippen LogP contribution is -1.97. The third-order valence-corrected chi connectivity index (χ3v) is 2.77. The van der Waals surface area contributed by atoms with Crippen molar-refractivity contribution in [3.05, 3.63) is 39.7 Å². The number of H-pyrrole nitrogens is 1. The second kappa shape index (κ2) is 4.35. The third-order valence-electron chi connectivity index (χ3n) is 2.00. The van der Waals surface area contributed by atoms with Crippen LogP contribution in [0.4, 0.5) is 0 Å². The number of imidazole rings is 1. The maximum absolute atomic E-state index is 6.02. The third kappa shape index (κ3) is 2.22. The molecule has 0 bridgehead atoms. The molecule has 2 rings (SSSR count). The molecular formula is C10H9BrClN3. The van der Waals surface area contributed by atoms with Crippen LogP contribution in [0.15, 0.2) is 28.7 Å². The number of aromatic nitrogens is 2. The predicted octanol–water partition coefficient (Wildman–Crippen LogP) is 2.95. The second-order valence-electron chi connectivity index (χ2n) is 3.06. The Morgan fingerprint density at radius 3 is 2.87 bits per heavy atom. The van der Waals surface area contributed by atoms with Gasteiger partial charge in [0.2, 0.25) is 0 Å². The van der Waals surface area contributed by atoms with Crippen molar-refractivity contribution in [2.24, 2.45) is 5.73 Å². The smallest absolute Gasteiger partial charge is 0.134 e. The number of nitrogens with zero attached hydrogens (tertiary/aromatic N) is 1. The molecule has 0 unspecified atom stereocenters. The van der Waals surface area contributed by atoms with E-state index in [-0.39, 0.29) is 0 Å². The number of halogens is 2. The van der Waals surface area contributed by atoms with E-state index in [4.69, 9.17) is 17.3 Å². The van der Waals surface area contributed by atoms with Gasteiger partial charge in [0, 0.05) is 10.0 Å². The summed E-state index contributed by atoms with van der Waals surface area (Å²) in [4.78, 5) is 7.23. The Kier molecular flexibility index (Phi) is 3.09. The molecule has 2 aromatic rings. The first-order valence-corrected chi connectivity index (χ1v) is 5.58. The molecule has 0 atom stereocenters. The van der Waals surface area contributed by atoms with Crippen LogP contribution in [0.3, 0.4) is 0 Å². The van der Waals surface area contributed by atoms with E-state index in [0.29, 0.717) is 17.5 Å². The van der Waals surface area contributed by atoms with Gasteiger partial charge in [-0.2, -0.15) is 0 Å². The molecule has 0 spiro atoms. The molecule has 78 valence electrons. The fraction of sp³-hybridized carbons (Fsp3) is 0.100. The molecule has 0 aliphatic carbocycles. The van der Waals surface area contributed by atoms with Crippen molar-refractivity contribution in [1.82, 2.24) is 9.97 Å². The molecular weight excluding hydrogens is 277 g/mol. The zero-order chi connectivity index (χ0) is 10.8. The molecule has 0 amide bonds. The Bertz CT molecular complexity index is 481. The van der Waals surface area contributed by atoms with Gasteiger partial charge in [-0.05, 0) is 12.1 Å². The van der Waals surface area contributed by atoms with Gasteiger partial charge < -0.3 is 10.7 Å². The van der Waals surface area contributed by atoms with E-state index in [0.717, 1.165) is 15.7 Å². The van der Waals surface area contributed by atoms with Gasteiger partial charge in [-0.1, -0.05) is 39.7 Å². The standard InChI is InChI=1S/C10H9BrClN3/c11-7-3-1-2-6(4-7)9-10(12)15-8(5-13)14-9/h1-4H,5,13H2,(H,14,15). The predicted molar refractivity (Wildman–Crippen MR) is 64.6 cm³/mol. The zero-order valence-electron chi connectivity index (χ0n) is 7.80. The fourth-order valence-corrected chi connectivity index (χ4v) is 1.98. The highest BCUT2D eigenvalue weighted by atomic mass is 79.9. The molecule has 0 aliphatic heterocycles. The number of rotatable bonds is 2. The number of hydrogen-bond acceptors (Lipinski definition) is 2. The van der Waals surface area contributed by atoms with Gasteiger partial charge in [-0.3, -0.25) is 0 Å². The first-order chi connectivity index (χ1) is 7.20. The first kappa shape index (κ1) is 10.7. The molecule has 0 radical (unpaired) electrons. The number of nitrogens with two attached hydrogens (primary N) is 1. The highest BCUT2D eigenvalue weighted by Crippen LogP contribution is 2.27. The van der Waals surface area contributed by atoms with Crippen molar-refractivity contribution >= 4 is 27.5 Å². The van der Waals surface area contributed by atoms with Gasteiger partial charge in [-0.15, -0.1) is 0 Å². The summed E-state index contributed by atoms with van der Waals surface area (Å²) in [6.07, 6.45) is 0. The van der Waals surface area contributed by atoms with E-state index in [1.54, 1.807) is 0 Å². The van der Waals surface area contributed by atoms with E-state index in [1.165, 1.54) is 0 Å². The maximum Gasteiger partial charge on any atom is 0.134 e. The molecule has 0 aliphatic rings. The molecule has 1 aromatic carbocycles. The summed E-state index contributed by atoms with van der Waals surface area (Å²) in [6.45, 7) is 0.355. The van der Waals surface area contributed by atoms with Crippen molar-refractivity contribution in [2.75, 3.05) is 0 Å². The largest absolute Gasteiger partial charge is 0.331 e. The van der Waals surface area contributed by atoms with Crippen molar-refractivity contribution in [2.45, 2.75) is 6.54 Å². The lowest BCUT2D eigenvalue weighted by molar-refractivity contribution is 0.951. The molecule has 15 heavy (non-hydrogen) atoms. The molecule has 1 heterocycles. The van der Waals surface area contributed by atoms with Crippen molar-refractivity contribution < 1.29 is 0 Å². The van der Waals surface area contributed by atoms with Gasteiger partial charge in [0.1, 0.15) is 16.7 Å². The summed E-state index contributed by atoms with van der Waals surface area (Å²) in [6, 6.07) is 7.80. The number of benzene rings is 1. The molecule has 0 saturated heterocycles. The van der Waals surface area contributed by atoms with E-state index < -0.39 is 0 Å². The van der Waals surface area contributed by atoms with Crippen molar-refractivity contribution in [1.29, 1.82) is 0 Å². The Balaban J connectivity index is 2.48. The topological polar surface area (TPSA) is 54.7 Å². The average Bonchev–Trinajstić information content (AvgIpc) is 2.60. The summed E-state index contributed by atoms with van der Waals surface area (Å²) < 4.78 is 0.994. The highest BCUT2D eigenvalue weighted by Gasteiger charge is 2.09. The Labute approximate surface area is 101 Å². The van der Waals surface area contributed by atoms with Gasteiger partial charge in [0.25, 0.3) is 0 Å². The van der Waals surface area contributed by atoms with Crippen LogP contribution in [0.1, 0.15) is 5.82 Å². The maximum atomic E-state index is 6.02. The molecule has 3 N–H and O–H groups in total. The summed E-state index contributed by atoms with van der Waals surface area (Å²) in [5.41, 5.74) is 7.18. The van der Waals surface area contributed by atoms with Crippen LogP contribution in [-0.4, -0.2) is 9.97 Å². The molecule has 3 nitrogen and oxygen atoms in total. The molecule has 0 saturated carbocycles. The Hall–Kier alpha value is -0.840. The van der Waals surface area contributed by atoms with Crippen LogP contribution < -0.4 is 5.73 Å². The van der Waals surface area contributed by atoms with Crippen LogP contribution in [0.2, 0.25) is 5.15 Å². The number of hydrogen-bond donors (Lipinski definition) is 2. The summed E-state index contributed by atoms with van der Waals surface area (Å²) in [7, 11) is 0. The summed E-state index contributed by atoms with van der Waals surface area (Å²) in [5, 5.41) is 0.522. The lowest BCUT2D eigenvalue weighted by atomic mass is 10.2. The quantitative estimate of drug-likeness (QED) is 0.892. The van der Waals surface area contributed by atoms with Gasteiger partial charge in [0.05, 0.1) is 6.54 Å². The van der Waals surface area contributed by atoms with Crippen LogP contribution >= 0.6 is 27.5 Å². The van der Waals surface area contributed by atoms with E-state index >= 15 is 0 Å². The van der Waals surface area contributed by atoms with Crippen LogP contribution in [0, 0.1) is 0 Å². The minimum atomic E-state index is 0.355. The minimum Gasteiger partial charge on any atom is -0.331 e. The van der Waals surface area contributed by atoms with E-state index in [2.05, 4.69) is 25.9 Å². The van der Waals surface area contributed by atoms with Crippen molar-refractivity contribution in [3.63, 3.8) is 0 Å². The zero-order valence-corrected chi connectivity index (χ0v) is 10.1. The Morgan fingerprint density at radius 2 is 2.27 bits per heavy atom. The van der Waals surface area contributed by atoms with Crippen molar-refractivity contribution in [3.8, 4) is 11.3 Å². The van der Waals surface area contributed by atoms with Crippen LogP contribution in [0.25, 0.3) is 11.3 Å². The lowest BCUT2D eigenvalue weighted by Gasteiger charge is -1.97. The molecule has 5 heteroatoms. The minimum absolute atomic E-state index is 0.355. The average molecular weight is 287 g/mol. The fourth-order valence-electron chi connectivity index (χ4n) is 1.32. The number of nitrogens with one attached hydrogen (secondary N) is 1. The number of aromatic amines is 1. The summed E-state index contributed by atoms with van der Waals surface area (Å²) in [5.74, 6) is 0.690. The SMILES string of the molecule is NCc1nc(-c2cccc(Br)c2)c(Cl)[nH]1. The van der Waals surface area contributed by atoms with Gasteiger partial charge >= 0.3 is 0 Å². The van der Waals surface area contributed by atoms with Crippen LogP contribution in [-0.2, 0) is 6.54 Å².